The van der Waals surface area contributed by atoms with Gasteiger partial charge in [0, 0.05) is 5.56 Å². The van der Waals surface area contributed by atoms with Crippen molar-refractivity contribution in [1.29, 1.82) is 10.5 Å². The highest BCUT2D eigenvalue weighted by Crippen LogP contribution is 2.05. The summed E-state index contributed by atoms with van der Waals surface area (Å²) < 4.78 is 0. The van der Waals surface area contributed by atoms with Crippen LogP contribution in [0, 0.1) is 22.7 Å². The lowest BCUT2D eigenvalue weighted by Gasteiger charge is -1.91. The predicted octanol–water partition coefficient (Wildman–Crippen LogP) is 3.19. The van der Waals surface area contributed by atoms with Crippen molar-refractivity contribution in [2.75, 3.05) is 0 Å². The number of hydrogen-bond donors (Lipinski definition) is 1. The maximum absolute atomic E-state index is 10.5. The molecule has 0 aliphatic rings. The average Bonchev–Trinajstić information content (AvgIpc) is 2.55. The van der Waals surface area contributed by atoms with Gasteiger partial charge >= 0.3 is 5.97 Å². The van der Waals surface area contributed by atoms with Crippen molar-refractivity contribution in [3.05, 3.63) is 70.8 Å². The second-order valence-electron chi connectivity index (χ2n) is 3.96. The number of carboxylic acids is 1. The molecule has 0 saturated heterocycles. The Hall–Kier alpha value is -3.15. The number of carbonyl (C=O) groups is 2. The first-order valence-electron chi connectivity index (χ1n) is 5.91. The second kappa shape index (κ2) is 8.21. The van der Waals surface area contributed by atoms with Gasteiger partial charge in [0.15, 0.2) is 0 Å². The molecule has 0 amide bonds. The number of nitriles is 2. The zero-order chi connectivity index (χ0) is 16.5. The molecule has 2 rings (SSSR count). The topological polar surface area (TPSA) is 102 Å². The first-order chi connectivity index (χ1) is 10.5. The zero-order valence-electron chi connectivity index (χ0n) is 11.2. The van der Waals surface area contributed by atoms with Gasteiger partial charge < -0.3 is 5.11 Å². The van der Waals surface area contributed by atoms with E-state index in [1.165, 1.54) is 36.4 Å². The van der Waals surface area contributed by atoms with E-state index < -0.39 is 11.2 Å². The van der Waals surface area contributed by atoms with Crippen LogP contribution in [-0.4, -0.2) is 16.3 Å². The molecular weight excluding hydrogens is 304 g/mol. The van der Waals surface area contributed by atoms with E-state index in [-0.39, 0.29) is 5.56 Å². The van der Waals surface area contributed by atoms with Crippen LogP contribution >= 0.6 is 11.6 Å². The average molecular weight is 313 g/mol. The molecule has 0 aliphatic heterocycles. The molecule has 0 saturated carbocycles. The summed E-state index contributed by atoms with van der Waals surface area (Å²) in [5.41, 5.74) is 1.59. The highest BCUT2D eigenvalue weighted by atomic mass is 35.5. The van der Waals surface area contributed by atoms with Crippen LogP contribution in [0.1, 0.15) is 31.8 Å². The molecule has 0 aliphatic carbocycles. The van der Waals surface area contributed by atoms with Gasteiger partial charge in [-0.2, -0.15) is 10.5 Å². The summed E-state index contributed by atoms with van der Waals surface area (Å²) in [7, 11) is 0. The van der Waals surface area contributed by atoms with E-state index in [0.717, 1.165) is 0 Å². The van der Waals surface area contributed by atoms with E-state index in [1.807, 2.05) is 12.1 Å². The fourth-order valence-corrected chi connectivity index (χ4v) is 1.49. The zero-order valence-corrected chi connectivity index (χ0v) is 11.9. The number of carbonyl (C=O) groups excluding carboxylic acids is 1. The molecule has 0 atom stereocenters. The molecule has 0 bridgehead atoms. The first kappa shape index (κ1) is 16.9. The molecule has 0 radical (unpaired) electrons. The van der Waals surface area contributed by atoms with Crippen LogP contribution in [0.4, 0.5) is 0 Å². The summed E-state index contributed by atoms with van der Waals surface area (Å²) in [5, 5.41) is 24.7. The van der Waals surface area contributed by atoms with E-state index in [1.54, 1.807) is 12.1 Å². The second-order valence-corrected chi connectivity index (χ2v) is 4.30. The van der Waals surface area contributed by atoms with Crippen LogP contribution in [0.25, 0.3) is 0 Å². The van der Waals surface area contributed by atoms with E-state index >= 15 is 0 Å². The van der Waals surface area contributed by atoms with Crippen LogP contribution < -0.4 is 0 Å². The van der Waals surface area contributed by atoms with Crippen LogP contribution in [0.15, 0.2) is 48.5 Å². The van der Waals surface area contributed by atoms with E-state index in [4.69, 9.17) is 27.2 Å². The molecule has 0 spiro atoms. The van der Waals surface area contributed by atoms with Crippen molar-refractivity contribution in [3.63, 3.8) is 0 Å². The van der Waals surface area contributed by atoms with Gasteiger partial charge in [-0.05, 0) is 60.1 Å². The molecule has 2 aromatic carbocycles. The van der Waals surface area contributed by atoms with Crippen LogP contribution in [0.2, 0.25) is 0 Å². The lowest BCUT2D eigenvalue weighted by Crippen LogP contribution is -1.94. The molecule has 0 aromatic heterocycles. The van der Waals surface area contributed by atoms with E-state index in [9.17, 15) is 9.59 Å². The normalized spacial score (nSPS) is 8.68. The molecule has 0 heterocycles. The first-order valence-corrected chi connectivity index (χ1v) is 6.29. The van der Waals surface area contributed by atoms with Gasteiger partial charge in [-0.1, -0.05) is 0 Å². The van der Waals surface area contributed by atoms with Gasteiger partial charge in [0.25, 0.3) is 5.24 Å². The monoisotopic (exact) mass is 312 g/mol. The van der Waals surface area contributed by atoms with Crippen molar-refractivity contribution < 1.29 is 14.7 Å². The molecule has 108 valence electrons. The Morgan fingerprint density at radius 1 is 0.818 bits per heavy atom. The van der Waals surface area contributed by atoms with Crippen LogP contribution in [0.3, 0.4) is 0 Å². The molecule has 5 nitrogen and oxygen atoms in total. The lowest BCUT2D eigenvalue weighted by molar-refractivity contribution is 0.0696. The van der Waals surface area contributed by atoms with Crippen molar-refractivity contribution in [2.45, 2.75) is 0 Å². The summed E-state index contributed by atoms with van der Waals surface area (Å²) in [6, 6.07) is 15.7. The van der Waals surface area contributed by atoms with Crippen molar-refractivity contribution in [3.8, 4) is 12.1 Å². The molecular formula is C16H9ClN2O3. The fraction of sp³-hybridized carbons (Fsp3) is 0. The molecule has 22 heavy (non-hydrogen) atoms. The van der Waals surface area contributed by atoms with Gasteiger partial charge in [0.2, 0.25) is 0 Å². The highest BCUT2D eigenvalue weighted by molar-refractivity contribution is 6.67. The van der Waals surface area contributed by atoms with Crippen molar-refractivity contribution in [2.24, 2.45) is 0 Å². The summed E-state index contributed by atoms with van der Waals surface area (Å²) in [4.78, 5) is 20.8. The van der Waals surface area contributed by atoms with E-state index in [2.05, 4.69) is 0 Å². The minimum absolute atomic E-state index is 0.198. The number of carboxylic acid groups (broad SMARTS) is 1. The Balaban J connectivity index is 0.000000220. The Bertz CT molecular complexity index is 686. The number of aromatic carboxylic acids is 1. The predicted molar refractivity (Wildman–Crippen MR) is 79.5 cm³/mol. The van der Waals surface area contributed by atoms with Crippen molar-refractivity contribution >= 4 is 22.8 Å². The van der Waals surface area contributed by atoms with Gasteiger partial charge in [-0.3, -0.25) is 4.79 Å². The largest absolute Gasteiger partial charge is 0.478 e. The molecule has 6 heteroatoms. The smallest absolute Gasteiger partial charge is 0.335 e. The maximum Gasteiger partial charge on any atom is 0.335 e. The quantitative estimate of drug-likeness (QED) is 0.858. The Kier molecular flexibility index (Phi) is 6.31. The van der Waals surface area contributed by atoms with Crippen LogP contribution in [-0.2, 0) is 0 Å². The Labute approximate surface area is 131 Å². The van der Waals surface area contributed by atoms with Crippen molar-refractivity contribution in [1.82, 2.24) is 0 Å². The third-order valence-corrected chi connectivity index (χ3v) is 2.72. The molecule has 1 N–H and O–H groups in total. The minimum Gasteiger partial charge on any atom is -0.478 e. The molecule has 2 aromatic rings. The summed E-state index contributed by atoms with van der Waals surface area (Å²) in [6.07, 6.45) is 0. The number of halogens is 1. The standard InChI is InChI=1S/C8H4ClNO.C8H5NO2/c9-8(11)7-3-1-6(5-10)2-4-7;9-5-6-1-3-7(4-2-6)8(10)11/h1-4H;1-4H,(H,10,11). The van der Waals surface area contributed by atoms with Gasteiger partial charge in [-0.25, -0.2) is 4.79 Å². The summed E-state index contributed by atoms with van der Waals surface area (Å²) in [6.45, 7) is 0. The number of rotatable bonds is 2. The Morgan fingerprint density at radius 2 is 1.18 bits per heavy atom. The number of benzene rings is 2. The van der Waals surface area contributed by atoms with Gasteiger partial charge in [0.05, 0.1) is 28.8 Å². The maximum atomic E-state index is 10.5. The third kappa shape index (κ3) is 5.09. The molecule has 0 unspecified atom stereocenters. The Morgan fingerprint density at radius 3 is 1.45 bits per heavy atom. The van der Waals surface area contributed by atoms with Crippen LogP contribution in [0.5, 0.6) is 0 Å². The number of nitrogens with zero attached hydrogens (tertiary/aromatic N) is 2. The minimum atomic E-state index is -0.977. The highest BCUT2D eigenvalue weighted by Gasteiger charge is 2.00. The molecule has 0 fully saturated rings. The fourth-order valence-electron chi connectivity index (χ4n) is 1.36. The summed E-state index contributed by atoms with van der Waals surface area (Å²) in [5.74, 6) is -0.977. The summed E-state index contributed by atoms with van der Waals surface area (Å²) >= 11 is 5.18. The van der Waals surface area contributed by atoms with Gasteiger partial charge in [-0.15, -0.1) is 0 Å². The van der Waals surface area contributed by atoms with E-state index in [0.29, 0.717) is 16.7 Å². The number of hydrogen-bond acceptors (Lipinski definition) is 4. The third-order valence-electron chi connectivity index (χ3n) is 2.50. The van der Waals surface area contributed by atoms with Gasteiger partial charge in [0.1, 0.15) is 0 Å². The SMILES string of the molecule is N#Cc1ccc(C(=O)Cl)cc1.N#Cc1ccc(C(=O)O)cc1. The lowest BCUT2D eigenvalue weighted by atomic mass is 10.1.